The molecule has 1 unspecified atom stereocenters. The minimum absolute atomic E-state index is 0.0302. The molecule has 0 saturated heterocycles. The number of nitrogens with zero attached hydrogens (tertiary/aromatic N) is 2. The summed E-state index contributed by atoms with van der Waals surface area (Å²) in [5.41, 5.74) is 6.75. The molecule has 7 nitrogen and oxygen atoms in total. The maximum absolute atomic E-state index is 13.2. The van der Waals surface area contributed by atoms with Gasteiger partial charge in [0.15, 0.2) is 0 Å². The Morgan fingerprint density at radius 1 is 0.923 bits per heavy atom. The predicted octanol–water partition coefficient (Wildman–Crippen LogP) is 6.27. The highest BCUT2D eigenvalue weighted by atomic mass is 32.2. The highest BCUT2D eigenvalue weighted by molar-refractivity contribution is 7.92. The number of ether oxygens (including phenoxy) is 1. The van der Waals surface area contributed by atoms with Crippen LogP contribution < -0.4 is 14.8 Å². The Balaban J connectivity index is 1.57. The van der Waals surface area contributed by atoms with Gasteiger partial charge in [0.05, 0.1) is 17.1 Å². The molecule has 4 bridgehead atoms. The van der Waals surface area contributed by atoms with Gasteiger partial charge in [0.1, 0.15) is 6.10 Å². The van der Waals surface area contributed by atoms with E-state index >= 15 is 0 Å². The molecule has 0 saturated carbocycles. The van der Waals surface area contributed by atoms with Gasteiger partial charge in [-0.3, -0.25) is 0 Å². The zero-order valence-corrected chi connectivity index (χ0v) is 23.8. The van der Waals surface area contributed by atoms with E-state index in [-0.39, 0.29) is 22.4 Å². The van der Waals surface area contributed by atoms with Gasteiger partial charge in [0, 0.05) is 23.7 Å². The highest BCUT2D eigenvalue weighted by Crippen LogP contribution is 2.31. The number of benzene rings is 3. The van der Waals surface area contributed by atoms with Crippen LogP contribution in [0.4, 0.5) is 11.6 Å². The summed E-state index contributed by atoms with van der Waals surface area (Å²) >= 11 is 0. The predicted molar refractivity (Wildman–Crippen MR) is 156 cm³/mol. The lowest BCUT2D eigenvalue weighted by Crippen LogP contribution is -2.29. The molecule has 0 aliphatic carbocycles. The van der Waals surface area contributed by atoms with Crippen molar-refractivity contribution < 1.29 is 13.2 Å². The number of hydrogen-bond donors (Lipinski definition) is 2. The first kappa shape index (κ1) is 26.7. The molecule has 5 rings (SSSR count). The minimum Gasteiger partial charge on any atom is -0.472 e. The summed E-state index contributed by atoms with van der Waals surface area (Å²) in [5, 5.41) is 3.36. The number of fused-ring (bicyclic) bond motifs is 4. The van der Waals surface area contributed by atoms with Crippen molar-refractivity contribution in [3.05, 3.63) is 95.1 Å². The van der Waals surface area contributed by atoms with Crippen LogP contribution in [0.1, 0.15) is 43.0 Å². The first-order valence-electron chi connectivity index (χ1n) is 13.1. The molecule has 2 heterocycles. The molecule has 1 aromatic heterocycles. The lowest BCUT2D eigenvalue weighted by atomic mass is 9.86. The van der Waals surface area contributed by atoms with Gasteiger partial charge in [-0.25, -0.2) is 18.1 Å². The standard InChI is InChI=1S/C31H34N4O3S/c1-20-8-6-9-21(2)29(20)27-18-28-34-30(33-27)35-39(36,37)26-11-7-10-24(17-26)32-19-25(38-28)16-22-12-14-23(15-13-22)31(3,4)5/h6-15,17-18,25,32H,16,19H2,1-5H3,(H,33,34,35). The van der Waals surface area contributed by atoms with Gasteiger partial charge >= 0.3 is 0 Å². The van der Waals surface area contributed by atoms with Crippen LogP contribution >= 0.6 is 0 Å². The van der Waals surface area contributed by atoms with E-state index in [1.54, 1.807) is 24.3 Å². The van der Waals surface area contributed by atoms with Gasteiger partial charge in [0.2, 0.25) is 11.8 Å². The third-order valence-electron chi connectivity index (χ3n) is 6.91. The molecule has 0 spiro atoms. The molecule has 0 amide bonds. The average molecular weight is 543 g/mol. The van der Waals surface area contributed by atoms with Crippen LogP contribution in [0.25, 0.3) is 11.3 Å². The van der Waals surface area contributed by atoms with Crippen LogP contribution in [0.5, 0.6) is 5.88 Å². The van der Waals surface area contributed by atoms with Crippen LogP contribution in [0.3, 0.4) is 0 Å². The lowest BCUT2D eigenvalue weighted by molar-refractivity contribution is 0.206. The number of aromatic nitrogens is 2. The van der Waals surface area contributed by atoms with Crippen molar-refractivity contribution in [1.82, 2.24) is 9.97 Å². The average Bonchev–Trinajstić information content (AvgIpc) is 2.86. The Labute approximate surface area is 230 Å². The van der Waals surface area contributed by atoms with Crippen molar-refractivity contribution >= 4 is 21.7 Å². The summed E-state index contributed by atoms with van der Waals surface area (Å²) in [6.07, 6.45) is 0.361. The van der Waals surface area contributed by atoms with Crippen molar-refractivity contribution in [3.63, 3.8) is 0 Å². The maximum atomic E-state index is 13.2. The molecule has 1 aliphatic heterocycles. The monoisotopic (exact) mass is 542 g/mol. The Morgan fingerprint density at radius 2 is 1.62 bits per heavy atom. The summed E-state index contributed by atoms with van der Waals surface area (Å²) in [6.45, 7) is 11.1. The number of hydrogen-bond acceptors (Lipinski definition) is 6. The topological polar surface area (TPSA) is 93.2 Å². The fourth-order valence-electron chi connectivity index (χ4n) is 4.79. The SMILES string of the molecule is Cc1cccc(C)c1-c1cc2nc(n1)NS(=O)(=O)c1cccc(c1)NCC(Cc1ccc(C(C)(C)C)cc1)O2. The van der Waals surface area contributed by atoms with Crippen molar-refractivity contribution in [2.24, 2.45) is 0 Å². The van der Waals surface area contributed by atoms with Crippen LogP contribution in [-0.4, -0.2) is 31.0 Å². The summed E-state index contributed by atoms with van der Waals surface area (Å²) in [4.78, 5) is 9.21. The van der Waals surface area contributed by atoms with E-state index in [1.807, 2.05) is 38.1 Å². The molecule has 0 radical (unpaired) electrons. The van der Waals surface area contributed by atoms with Crippen molar-refractivity contribution in [2.75, 3.05) is 16.6 Å². The Kier molecular flexibility index (Phi) is 7.07. The second-order valence-electron chi connectivity index (χ2n) is 11.1. The Hall–Kier alpha value is -3.91. The Bertz CT molecular complexity index is 1590. The second-order valence-corrected chi connectivity index (χ2v) is 12.8. The number of anilines is 2. The first-order chi connectivity index (χ1) is 18.5. The number of nitrogens with one attached hydrogen (secondary N) is 2. The number of rotatable bonds is 3. The van der Waals surface area contributed by atoms with Gasteiger partial charge in [-0.05, 0) is 59.7 Å². The number of aryl methyl sites for hydroxylation is 2. The van der Waals surface area contributed by atoms with Crippen LogP contribution in [0, 0.1) is 13.8 Å². The summed E-state index contributed by atoms with van der Waals surface area (Å²) in [7, 11) is -3.91. The van der Waals surface area contributed by atoms with E-state index in [9.17, 15) is 8.42 Å². The molecular weight excluding hydrogens is 508 g/mol. The minimum atomic E-state index is -3.91. The molecule has 2 N–H and O–H groups in total. The van der Waals surface area contributed by atoms with Gasteiger partial charge in [-0.15, -0.1) is 0 Å². The zero-order chi connectivity index (χ0) is 27.8. The fourth-order valence-corrected chi connectivity index (χ4v) is 5.78. The van der Waals surface area contributed by atoms with Gasteiger partial charge in [0.25, 0.3) is 10.0 Å². The zero-order valence-electron chi connectivity index (χ0n) is 22.9. The third kappa shape index (κ3) is 6.06. The first-order valence-corrected chi connectivity index (χ1v) is 14.5. The van der Waals surface area contributed by atoms with Crippen molar-refractivity contribution in [1.29, 1.82) is 0 Å². The summed E-state index contributed by atoms with van der Waals surface area (Å²) < 4.78 is 35.4. The van der Waals surface area contributed by atoms with Gasteiger partial charge in [-0.2, -0.15) is 4.98 Å². The molecule has 8 heteroatoms. The second kappa shape index (κ2) is 10.3. The van der Waals surface area contributed by atoms with E-state index in [2.05, 4.69) is 65.0 Å². The van der Waals surface area contributed by atoms with E-state index in [1.165, 1.54) is 5.56 Å². The highest BCUT2D eigenvalue weighted by Gasteiger charge is 2.22. The molecule has 39 heavy (non-hydrogen) atoms. The van der Waals surface area contributed by atoms with E-state index in [0.717, 1.165) is 22.3 Å². The molecular formula is C31H34N4O3S. The summed E-state index contributed by atoms with van der Waals surface area (Å²) in [6, 6.07) is 23.1. The van der Waals surface area contributed by atoms with Gasteiger partial charge < -0.3 is 10.1 Å². The molecule has 1 aliphatic rings. The van der Waals surface area contributed by atoms with Crippen molar-refractivity contribution in [2.45, 2.75) is 57.5 Å². The molecule has 3 aromatic carbocycles. The van der Waals surface area contributed by atoms with Gasteiger partial charge in [-0.1, -0.05) is 69.3 Å². The molecule has 1 atom stereocenters. The summed E-state index contributed by atoms with van der Waals surface area (Å²) in [5.74, 6) is 0.278. The maximum Gasteiger partial charge on any atom is 0.264 e. The molecule has 4 aromatic rings. The quantitative estimate of drug-likeness (QED) is 0.317. The molecule has 202 valence electrons. The van der Waals surface area contributed by atoms with Crippen LogP contribution in [0.2, 0.25) is 0 Å². The lowest BCUT2D eigenvalue weighted by Gasteiger charge is -2.23. The molecule has 0 fully saturated rings. The fraction of sp³-hybridized carbons (Fsp3) is 0.290. The van der Waals surface area contributed by atoms with E-state index < -0.39 is 10.0 Å². The normalized spacial score (nSPS) is 16.6. The smallest absolute Gasteiger partial charge is 0.264 e. The van der Waals surface area contributed by atoms with Crippen LogP contribution in [0.15, 0.2) is 77.7 Å². The van der Waals surface area contributed by atoms with Crippen molar-refractivity contribution in [3.8, 4) is 17.1 Å². The number of sulfonamides is 1. The van der Waals surface area contributed by atoms with Crippen LogP contribution in [-0.2, 0) is 21.9 Å². The largest absolute Gasteiger partial charge is 0.472 e. The van der Waals surface area contributed by atoms with E-state index in [4.69, 9.17) is 4.74 Å². The van der Waals surface area contributed by atoms with E-state index in [0.29, 0.717) is 30.2 Å². The Morgan fingerprint density at radius 3 is 2.31 bits per heavy atom. The third-order valence-corrected chi connectivity index (χ3v) is 8.24.